The summed E-state index contributed by atoms with van der Waals surface area (Å²) in [6.07, 6.45) is 1.87. The summed E-state index contributed by atoms with van der Waals surface area (Å²) in [5.41, 5.74) is 0. The molecule has 4 heteroatoms. The van der Waals surface area contributed by atoms with Crippen LogP contribution in [0.1, 0.15) is 9.88 Å². The summed E-state index contributed by atoms with van der Waals surface area (Å²) in [6, 6.07) is 8.03. The van der Waals surface area contributed by atoms with Crippen molar-refractivity contribution in [2.45, 2.75) is 13.5 Å². The quantitative estimate of drug-likeness (QED) is 0.801. The normalized spacial score (nSPS) is 10.3. The van der Waals surface area contributed by atoms with Crippen LogP contribution in [0.3, 0.4) is 0 Å². The molecular formula is C11H10INOS. The highest BCUT2D eigenvalue weighted by Crippen LogP contribution is 2.18. The van der Waals surface area contributed by atoms with Crippen LogP contribution in [0.5, 0.6) is 5.75 Å². The van der Waals surface area contributed by atoms with Crippen LogP contribution in [0.2, 0.25) is 0 Å². The van der Waals surface area contributed by atoms with Crippen molar-refractivity contribution in [2.24, 2.45) is 0 Å². The molecule has 2 rings (SSSR count). The van der Waals surface area contributed by atoms with Crippen molar-refractivity contribution in [2.75, 3.05) is 0 Å². The maximum atomic E-state index is 5.65. The average Bonchev–Trinajstić information content (AvgIpc) is 2.62. The largest absolute Gasteiger partial charge is 0.488 e. The lowest BCUT2D eigenvalue weighted by Crippen LogP contribution is -1.92. The molecule has 0 saturated carbocycles. The lowest BCUT2D eigenvalue weighted by atomic mass is 10.3. The first-order chi connectivity index (χ1) is 7.24. The first kappa shape index (κ1) is 10.9. The molecule has 0 radical (unpaired) electrons. The molecule has 0 aliphatic rings. The zero-order valence-electron chi connectivity index (χ0n) is 8.24. The van der Waals surface area contributed by atoms with Crippen LogP contribution in [0.25, 0.3) is 0 Å². The molecule has 1 aromatic carbocycles. The van der Waals surface area contributed by atoms with Crippen molar-refractivity contribution < 1.29 is 4.74 Å². The molecule has 0 amide bonds. The summed E-state index contributed by atoms with van der Waals surface area (Å²) in [5.74, 6) is 0.910. The van der Waals surface area contributed by atoms with Gasteiger partial charge in [0.1, 0.15) is 12.4 Å². The van der Waals surface area contributed by atoms with Crippen molar-refractivity contribution in [1.29, 1.82) is 0 Å². The standard InChI is InChI=1S/C11H10INOS/c1-8-13-6-11(15-8)7-14-10-4-2-3-9(12)5-10/h2-6H,7H2,1H3. The summed E-state index contributed by atoms with van der Waals surface area (Å²) in [5, 5.41) is 1.08. The van der Waals surface area contributed by atoms with Gasteiger partial charge < -0.3 is 4.74 Å². The fraction of sp³-hybridized carbons (Fsp3) is 0.182. The highest BCUT2D eigenvalue weighted by atomic mass is 127. The van der Waals surface area contributed by atoms with Crippen LogP contribution in [0.4, 0.5) is 0 Å². The van der Waals surface area contributed by atoms with Crippen LogP contribution in [0.15, 0.2) is 30.5 Å². The van der Waals surface area contributed by atoms with Gasteiger partial charge in [-0.1, -0.05) is 6.07 Å². The van der Waals surface area contributed by atoms with Gasteiger partial charge in [0.15, 0.2) is 0 Å². The van der Waals surface area contributed by atoms with E-state index >= 15 is 0 Å². The number of hydrogen-bond donors (Lipinski definition) is 0. The SMILES string of the molecule is Cc1ncc(COc2cccc(I)c2)s1. The summed E-state index contributed by atoms with van der Waals surface area (Å²) >= 11 is 3.95. The molecule has 0 aliphatic heterocycles. The molecule has 0 saturated heterocycles. The van der Waals surface area contributed by atoms with Crippen LogP contribution >= 0.6 is 33.9 Å². The Morgan fingerprint density at radius 2 is 2.33 bits per heavy atom. The van der Waals surface area contributed by atoms with E-state index in [2.05, 4.69) is 27.6 Å². The van der Waals surface area contributed by atoms with Crippen molar-refractivity contribution in [1.82, 2.24) is 4.98 Å². The minimum absolute atomic E-state index is 0.603. The number of aromatic nitrogens is 1. The Morgan fingerprint density at radius 1 is 1.47 bits per heavy atom. The number of halogens is 1. The van der Waals surface area contributed by atoms with Gasteiger partial charge in [0, 0.05) is 9.77 Å². The number of hydrogen-bond acceptors (Lipinski definition) is 3. The minimum atomic E-state index is 0.603. The van der Waals surface area contributed by atoms with Gasteiger partial charge >= 0.3 is 0 Å². The fourth-order valence-corrected chi connectivity index (χ4v) is 2.41. The Labute approximate surface area is 106 Å². The van der Waals surface area contributed by atoms with Gasteiger partial charge in [-0.05, 0) is 47.7 Å². The van der Waals surface area contributed by atoms with Crippen molar-refractivity contribution in [3.05, 3.63) is 43.9 Å². The predicted molar refractivity (Wildman–Crippen MR) is 70.3 cm³/mol. The topological polar surface area (TPSA) is 22.1 Å². The Morgan fingerprint density at radius 3 is 3.00 bits per heavy atom. The van der Waals surface area contributed by atoms with Crippen molar-refractivity contribution in [3.63, 3.8) is 0 Å². The zero-order valence-corrected chi connectivity index (χ0v) is 11.2. The molecule has 0 unspecified atom stereocenters. The van der Waals surface area contributed by atoms with Gasteiger partial charge in [0.2, 0.25) is 0 Å². The minimum Gasteiger partial charge on any atom is -0.488 e. The van der Waals surface area contributed by atoms with Crippen molar-refractivity contribution in [3.8, 4) is 5.75 Å². The summed E-state index contributed by atoms with van der Waals surface area (Å²) in [7, 11) is 0. The van der Waals surface area contributed by atoms with Crippen LogP contribution in [-0.2, 0) is 6.61 Å². The van der Waals surface area contributed by atoms with Crippen molar-refractivity contribution >= 4 is 33.9 Å². The van der Waals surface area contributed by atoms with E-state index in [0.717, 1.165) is 15.6 Å². The van der Waals surface area contributed by atoms with Gasteiger partial charge in [-0.2, -0.15) is 0 Å². The first-order valence-corrected chi connectivity index (χ1v) is 6.43. The highest BCUT2D eigenvalue weighted by molar-refractivity contribution is 14.1. The number of rotatable bonds is 3. The molecule has 2 nitrogen and oxygen atoms in total. The van der Waals surface area contributed by atoms with Crippen LogP contribution in [-0.4, -0.2) is 4.98 Å². The molecule has 0 atom stereocenters. The maximum Gasteiger partial charge on any atom is 0.124 e. The van der Waals surface area contributed by atoms with Crippen LogP contribution in [0, 0.1) is 10.5 Å². The van der Waals surface area contributed by atoms with E-state index < -0.39 is 0 Å². The average molecular weight is 331 g/mol. The number of thiazole rings is 1. The molecule has 15 heavy (non-hydrogen) atoms. The van der Waals surface area contributed by atoms with E-state index in [0.29, 0.717) is 6.61 Å². The third kappa shape index (κ3) is 3.17. The van der Waals surface area contributed by atoms with E-state index in [-0.39, 0.29) is 0 Å². The summed E-state index contributed by atoms with van der Waals surface area (Å²) in [6.45, 7) is 2.60. The lowest BCUT2D eigenvalue weighted by molar-refractivity contribution is 0.309. The second-order valence-electron chi connectivity index (χ2n) is 3.09. The predicted octanol–water partition coefficient (Wildman–Crippen LogP) is 3.64. The van der Waals surface area contributed by atoms with Crippen LogP contribution < -0.4 is 4.74 Å². The maximum absolute atomic E-state index is 5.65. The van der Waals surface area contributed by atoms with Gasteiger partial charge in [0.05, 0.1) is 9.88 Å². The highest BCUT2D eigenvalue weighted by Gasteiger charge is 1.99. The molecule has 0 aliphatic carbocycles. The third-order valence-electron chi connectivity index (χ3n) is 1.85. The van der Waals surface area contributed by atoms with E-state index in [1.807, 2.05) is 37.4 Å². The Hall–Kier alpha value is -0.620. The molecule has 0 bridgehead atoms. The monoisotopic (exact) mass is 331 g/mol. The fourth-order valence-electron chi connectivity index (χ4n) is 1.18. The second-order valence-corrected chi connectivity index (χ2v) is 5.66. The molecule has 2 aromatic rings. The van der Waals surface area contributed by atoms with Gasteiger partial charge in [-0.3, -0.25) is 0 Å². The summed E-state index contributed by atoms with van der Waals surface area (Å²) in [4.78, 5) is 5.34. The van der Waals surface area contributed by atoms with Gasteiger partial charge in [-0.25, -0.2) is 4.98 Å². The number of ether oxygens (including phenoxy) is 1. The molecular weight excluding hydrogens is 321 g/mol. The Balaban J connectivity index is 1.99. The smallest absolute Gasteiger partial charge is 0.124 e. The molecule has 0 N–H and O–H groups in total. The van der Waals surface area contributed by atoms with E-state index in [4.69, 9.17) is 4.74 Å². The van der Waals surface area contributed by atoms with Gasteiger partial charge in [-0.15, -0.1) is 11.3 Å². The zero-order chi connectivity index (χ0) is 10.7. The lowest BCUT2D eigenvalue weighted by Gasteiger charge is -2.03. The summed E-state index contributed by atoms with van der Waals surface area (Å²) < 4.78 is 6.84. The molecule has 0 fully saturated rings. The number of benzene rings is 1. The van der Waals surface area contributed by atoms with E-state index in [9.17, 15) is 0 Å². The molecule has 0 spiro atoms. The molecule has 78 valence electrons. The van der Waals surface area contributed by atoms with Gasteiger partial charge in [0.25, 0.3) is 0 Å². The third-order valence-corrected chi connectivity index (χ3v) is 3.40. The number of nitrogens with zero attached hydrogens (tertiary/aromatic N) is 1. The Bertz CT molecular complexity index is 455. The first-order valence-electron chi connectivity index (χ1n) is 4.54. The second kappa shape index (κ2) is 4.94. The number of aryl methyl sites for hydroxylation is 1. The van der Waals surface area contributed by atoms with E-state index in [1.165, 1.54) is 3.57 Å². The van der Waals surface area contributed by atoms with E-state index in [1.54, 1.807) is 11.3 Å². The molecule has 1 heterocycles. The molecule has 1 aromatic heterocycles. The Kier molecular flexibility index (Phi) is 3.58.